The lowest BCUT2D eigenvalue weighted by Crippen LogP contribution is -2.07. The maximum atomic E-state index is 11.7. The molecule has 5 heteroatoms. The quantitative estimate of drug-likeness (QED) is 0.774. The Bertz CT molecular complexity index is 281. The van der Waals surface area contributed by atoms with Crippen LogP contribution < -0.4 is 0 Å². The zero-order chi connectivity index (χ0) is 9.84. The van der Waals surface area contributed by atoms with Crippen LogP contribution in [0.15, 0.2) is 24.3 Å². The number of aliphatic hydroxyl groups is 1. The second-order valence-corrected chi connectivity index (χ2v) is 2.74. The minimum absolute atomic E-state index is 0.202. The van der Waals surface area contributed by atoms with Crippen molar-refractivity contribution in [2.75, 3.05) is 0 Å². The molecule has 1 atom stereocenters. The van der Waals surface area contributed by atoms with E-state index in [0.717, 1.165) is 0 Å². The minimum atomic E-state index is -3.01. The molecular formula is C8H7ClF2O2. The number of ether oxygens (including phenoxy) is 1. The lowest BCUT2D eigenvalue weighted by molar-refractivity contribution is -0.231. The Morgan fingerprint density at radius 2 is 2.08 bits per heavy atom. The number of aliphatic hydroxyl groups excluding tert-OH is 1. The Balaban J connectivity index is 2.71. The van der Waals surface area contributed by atoms with Gasteiger partial charge in [0.15, 0.2) is 6.29 Å². The highest BCUT2D eigenvalue weighted by molar-refractivity contribution is 6.30. The first-order chi connectivity index (χ1) is 6.09. The summed E-state index contributed by atoms with van der Waals surface area (Å²) in [6.45, 7) is -3.01. The number of hydrogen-bond acceptors (Lipinski definition) is 2. The molecule has 0 radical (unpaired) electrons. The van der Waals surface area contributed by atoms with Gasteiger partial charge in [-0.15, -0.1) is 0 Å². The summed E-state index contributed by atoms with van der Waals surface area (Å²) in [4.78, 5) is 0. The number of hydrogen-bond donors (Lipinski definition) is 1. The average molecular weight is 209 g/mol. The molecule has 0 saturated heterocycles. The van der Waals surface area contributed by atoms with Gasteiger partial charge in [-0.25, -0.2) is 0 Å². The smallest absolute Gasteiger partial charge is 0.347 e. The van der Waals surface area contributed by atoms with E-state index in [1.165, 1.54) is 18.2 Å². The second kappa shape index (κ2) is 4.50. The highest BCUT2D eigenvalue weighted by atomic mass is 35.5. The Morgan fingerprint density at radius 1 is 1.38 bits per heavy atom. The largest absolute Gasteiger partial charge is 0.364 e. The van der Waals surface area contributed by atoms with Crippen molar-refractivity contribution in [2.45, 2.75) is 12.9 Å². The Morgan fingerprint density at radius 3 is 2.62 bits per heavy atom. The van der Waals surface area contributed by atoms with E-state index in [2.05, 4.69) is 4.74 Å². The van der Waals surface area contributed by atoms with Crippen LogP contribution in [0, 0.1) is 0 Å². The third kappa shape index (κ3) is 3.26. The highest BCUT2D eigenvalue weighted by Crippen LogP contribution is 2.20. The van der Waals surface area contributed by atoms with Gasteiger partial charge in [-0.05, 0) is 12.1 Å². The molecule has 0 aliphatic rings. The van der Waals surface area contributed by atoms with Crippen LogP contribution in [0.1, 0.15) is 11.9 Å². The Labute approximate surface area is 78.7 Å². The van der Waals surface area contributed by atoms with E-state index in [1.54, 1.807) is 6.07 Å². The van der Waals surface area contributed by atoms with Crippen LogP contribution >= 0.6 is 11.6 Å². The van der Waals surface area contributed by atoms with E-state index in [0.29, 0.717) is 5.02 Å². The van der Waals surface area contributed by atoms with Crippen LogP contribution in [0.3, 0.4) is 0 Å². The summed E-state index contributed by atoms with van der Waals surface area (Å²) in [6, 6.07) is 5.91. The second-order valence-electron chi connectivity index (χ2n) is 2.30. The van der Waals surface area contributed by atoms with Crippen LogP contribution in [0.4, 0.5) is 8.78 Å². The zero-order valence-electron chi connectivity index (χ0n) is 6.45. The van der Waals surface area contributed by atoms with E-state index in [9.17, 15) is 8.78 Å². The first kappa shape index (κ1) is 10.4. The van der Waals surface area contributed by atoms with Crippen molar-refractivity contribution in [3.05, 3.63) is 34.9 Å². The molecule has 1 rings (SSSR count). The molecular weight excluding hydrogens is 202 g/mol. The van der Waals surface area contributed by atoms with E-state index in [-0.39, 0.29) is 5.56 Å². The third-order valence-electron chi connectivity index (χ3n) is 1.37. The molecule has 1 aromatic carbocycles. The maximum absolute atomic E-state index is 11.7. The van der Waals surface area contributed by atoms with E-state index >= 15 is 0 Å². The fourth-order valence-electron chi connectivity index (χ4n) is 0.836. The van der Waals surface area contributed by atoms with Crippen molar-refractivity contribution < 1.29 is 18.6 Å². The van der Waals surface area contributed by atoms with Crippen LogP contribution in [-0.2, 0) is 4.74 Å². The molecule has 0 aliphatic carbocycles. The van der Waals surface area contributed by atoms with Gasteiger partial charge >= 0.3 is 6.61 Å². The van der Waals surface area contributed by atoms with E-state index in [4.69, 9.17) is 16.7 Å². The molecule has 13 heavy (non-hydrogen) atoms. The summed E-state index contributed by atoms with van der Waals surface area (Å²) in [7, 11) is 0. The summed E-state index contributed by atoms with van der Waals surface area (Å²) in [5, 5.41) is 9.41. The van der Waals surface area contributed by atoms with Crippen LogP contribution in [0.2, 0.25) is 5.02 Å². The van der Waals surface area contributed by atoms with Crippen molar-refractivity contribution in [2.24, 2.45) is 0 Å². The van der Waals surface area contributed by atoms with E-state index < -0.39 is 12.9 Å². The van der Waals surface area contributed by atoms with Crippen molar-refractivity contribution in [3.8, 4) is 0 Å². The fourth-order valence-corrected chi connectivity index (χ4v) is 1.03. The number of benzene rings is 1. The number of rotatable bonds is 3. The summed E-state index contributed by atoms with van der Waals surface area (Å²) in [5.74, 6) is 0. The SMILES string of the molecule is OC(OC(F)F)c1cccc(Cl)c1. The van der Waals surface area contributed by atoms with Gasteiger partial charge in [0, 0.05) is 10.6 Å². The molecule has 1 aromatic rings. The molecule has 0 heterocycles. The first-order valence-corrected chi connectivity index (χ1v) is 3.84. The molecule has 0 saturated carbocycles. The minimum Gasteiger partial charge on any atom is -0.364 e. The standard InChI is InChI=1S/C8H7ClF2O2/c9-6-3-1-2-5(4-6)7(12)13-8(10)11/h1-4,7-8,12H. The molecule has 0 aliphatic heterocycles. The molecule has 0 amide bonds. The topological polar surface area (TPSA) is 29.5 Å². The molecule has 0 bridgehead atoms. The van der Waals surface area contributed by atoms with Gasteiger partial charge in [-0.3, -0.25) is 4.74 Å². The summed E-state index contributed by atoms with van der Waals surface area (Å²) >= 11 is 5.57. The number of alkyl halides is 2. The van der Waals surface area contributed by atoms with Gasteiger partial charge in [0.25, 0.3) is 0 Å². The lowest BCUT2D eigenvalue weighted by atomic mass is 10.2. The third-order valence-corrected chi connectivity index (χ3v) is 1.60. The molecule has 1 unspecified atom stereocenters. The fraction of sp³-hybridized carbons (Fsp3) is 0.250. The monoisotopic (exact) mass is 208 g/mol. The van der Waals surface area contributed by atoms with Crippen LogP contribution in [-0.4, -0.2) is 11.7 Å². The maximum Gasteiger partial charge on any atom is 0.347 e. The van der Waals surface area contributed by atoms with Crippen LogP contribution in [0.25, 0.3) is 0 Å². The summed E-state index contributed by atoms with van der Waals surface area (Å²) in [5.41, 5.74) is 0.202. The average Bonchev–Trinajstić information content (AvgIpc) is 2.03. The van der Waals surface area contributed by atoms with Crippen molar-refractivity contribution in [1.82, 2.24) is 0 Å². The van der Waals surface area contributed by atoms with Gasteiger partial charge in [-0.1, -0.05) is 23.7 Å². The number of halogens is 3. The van der Waals surface area contributed by atoms with Gasteiger partial charge in [0.1, 0.15) is 0 Å². The molecule has 0 aromatic heterocycles. The molecule has 72 valence electrons. The Hall–Kier alpha value is -0.710. The van der Waals surface area contributed by atoms with Gasteiger partial charge in [0.2, 0.25) is 0 Å². The Kier molecular flexibility index (Phi) is 3.59. The van der Waals surface area contributed by atoms with Crippen LogP contribution in [0.5, 0.6) is 0 Å². The van der Waals surface area contributed by atoms with Crippen molar-refractivity contribution in [1.29, 1.82) is 0 Å². The zero-order valence-corrected chi connectivity index (χ0v) is 7.21. The predicted octanol–water partition coefficient (Wildman–Crippen LogP) is 2.57. The molecule has 0 fully saturated rings. The lowest BCUT2D eigenvalue weighted by Gasteiger charge is -2.10. The predicted molar refractivity (Wildman–Crippen MR) is 43.5 cm³/mol. The van der Waals surface area contributed by atoms with Crippen molar-refractivity contribution >= 4 is 11.6 Å². The molecule has 1 N–H and O–H groups in total. The molecule has 2 nitrogen and oxygen atoms in total. The van der Waals surface area contributed by atoms with Gasteiger partial charge in [-0.2, -0.15) is 8.78 Å². The molecule has 0 spiro atoms. The summed E-state index contributed by atoms with van der Waals surface area (Å²) in [6.07, 6.45) is -1.64. The van der Waals surface area contributed by atoms with E-state index in [1.807, 2.05) is 0 Å². The first-order valence-electron chi connectivity index (χ1n) is 3.47. The van der Waals surface area contributed by atoms with Gasteiger partial charge in [0.05, 0.1) is 0 Å². The van der Waals surface area contributed by atoms with Gasteiger partial charge < -0.3 is 5.11 Å². The normalized spacial score (nSPS) is 13.3. The highest BCUT2D eigenvalue weighted by Gasteiger charge is 2.13. The van der Waals surface area contributed by atoms with Crippen molar-refractivity contribution in [3.63, 3.8) is 0 Å². The summed E-state index contributed by atoms with van der Waals surface area (Å²) < 4.78 is 27.2.